The lowest BCUT2D eigenvalue weighted by atomic mass is 9.79. The maximum Gasteiger partial charge on any atom is 0.122 e. The Hall–Kier alpha value is -2.27. The number of rotatable bonds is 0. The summed E-state index contributed by atoms with van der Waals surface area (Å²) < 4.78 is 0. The van der Waals surface area contributed by atoms with E-state index in [1.165, 1.54) is 44.5 Å². The zero-order chi connectivity index (χ0) is 35.7. The molecule has 5 rings (SSSR count). The molecular formula is C44H56OS3. The Balaban J connectivity index is 1.89. The summed E-state index contributed by atoms with van der Waals surface area (Å²) >= 11 is 15.7. The van der Waals surface area contributed by atoms with Crippen molar-refractivity contribution in [2.75, 3.05) is 0 Å². The third-order valence-corrected chi connectivity index (χ3v) is 11.8. The van der Waals surface area contributed by atoms with Crippen LogP contribution >= 0.6 is 37.9 Å². The van der Waals surface area contributed by atoms with Crippen LogP contribution in [0.2, 0.25) is 0 Å². The molecule has 4 aromatic carbocycles. The summed E-state index contributed by atoms with van der Waals surface area (Å²) in [5.74, 6) is 0.374. The molecule has 1 nitrogen and oxygen atoms in total. The average Bonchev–Trinajstić information content (AvgIpc) is 2.93. The van der Waals surface area contributed by atoms with Crippen molar-refractivity contribution in [3.8, 4) is 5.75 Å². The molecule has 0 aliphatic heterocycles. The van der Waals surface area contributed by atoms with Gasteiger partial charge in [0.25, 0.3) is 0 Å². The fraction of sp³-hybridized carbons (Fsp3) is 0.455. The summed E-state index contributed by atoms with van der Waals surface area (Å²) in [6.45, 7) is 27.2. The van der Waals surface area contributed by atoms with Crippen LogP contribution in [0.1, 0.15) is 150 Å². The van der Waals surface area contributed by atoms with Crippen LogP contribution in [0.3, 0.4) is 0 Å². The molecule has 0 saturated heterocycles. The van der Waals surface area contributed by atoms with Gasteiger partial charge in [0.15, 0.2) is 0 Å². The second-order valence-electron chi connectivity index (χ2n) is 18.3. The monoisotopic (exact) mass is 696 g/mol. The molecule has 0 unspecified atom stereocenters. The van der Waals surface area contributed by atoms with Gasteiger partial charge in [-0.2, -0.15) is 0 Å². The Morgan fingerprint density at radius 1 is 0.354 bits per heavy atom. The Labute approximate surface area is 307 Å². The van der Waals surface area contributed by atoms with Gasteiger partial charge in [0.2, 0.25) is 0 Å². The van der Waals surface area contributed by atoms with Crippen LogP contribution in [0.15, 0.2) is 63.2 Å². The fourth-order valence-corrected chi connectivity index (χ4v) is 7.53. The van der Waals surface area contributed by atoms with Gasteiger partial charge >= 0.3 is 0 Å². The molecule has 0 heterocycles. The van der Waals surface area contributed by atoms with Crippen molar-refractivity contribution in [2.24, 2.45) is 0 Å². The predicted molar refractivity (Wildman–Crippen MR) is 215 cm³/mol. The molecule has 0 radical (unpaired) electrons. The van der Waals surface area contributed by atoms with E-state index < -0.39 is 0 Å². The highest BCUT2D eigenvalue weighted by Gasteiger charge is 2.26. The molecule has 1 aliphatic carbocycles. The summed E-state index contributed by atoms with van der Waals surface area (Å²) in [6, 6.07) is 18.4. The summed E-state index contributed by atoms with van der Waals surface area (Å²) in [4.78, 5) is 3.02. The van der Waals surface area contributed by atoms with E-state index in [2.05, 4.69) is 132 Å². The normalized spacial score (nSPS) is 14.3. The molecule has 256 valence electrons. The fourth-order valence-electron chi connectivity index (χ4n) is 6.67. The van der Waals surface area contributed by atoms with E-state index in [-0.39, 0.29) is 21.7 Å². The van der Waals surface area contributed by atoms with Crippen LogP contribution in [0.5, 0.6) is 5.75 Å². The minimum atomic E-state index is -0.0844. The lowest BCUT2D eigenvalue weighted by molar-refractivity contribution is 0.461. The van der Waals surface area contributed by atoms with Crippen LogP contribution in [0.25, 0.3) is 0 Å². The highest BCUT2D eigenvalue weighted by molar-refractivity contribution is 7.80. The highest BCUT2D eigenvalue weighted by atomic mass is 32.1. The number of fused-ring (bicyclic) bond motifs is 8. The van der Waals surface area contributed by atoms with Crippen molar-refractivity contribution in [1.82, 2.24) is 0 Å². The molecule has 0 fully saturated rings. The first-order valence-electron chi connectivity index (χ1n) is 17.3. The van der Waals surface area contributed by atoms with E-state index in [1.54, 1.807) is 0 Å². The number of thiol groups is 3. The van der Waals surface area contributed by atoms with Gasteiger partial charge in [-0.25, -0.2) is 0 Å². The van der Waals surface area contributed by atoms with Crippen molar-refractivity contribution in [1.29, 1.82) is 0 Å². The number of aromatic hydroxyl groups is 1. The minimum Gasteiger partial charge on any atom is -0.507 e. The van der Waals surface area contributed by atoms with Crippen molar-refractivity contribution in [3.05, 3.63) is 115 Å². The van der Waals surface area contributed by atoms with Crippen molar-refractivity contribution >= 4 is 37.9 Å². The van der Waals surface area contributed by atoms with Crippen LogP contribution in [-0.2, 0) is 47.3 Å². The van der Waals surface area contributed by atoms with E-state index in [4.69, 9.17) is 37.9 Å². The van der Waals surface area contributed by atoms with Crippen LogP contribution in [0, 0.1) is 0 Å². The van der Waals surface area contributed by atoms with Crippen molar-refractivity contribution in [2.45, 2.75) is 145 Å². The van der Waals surface area contributed by atoms with Crippen LogP contribution < -0.4 is 0 Å². The predicted octanol–water partition coefficient (Wildman–Crippen LogP) is 12.1. The first-order chi connectivity index (χ1) is 21.9. The van der Waals surface area contributed by atoms with E-state index in [1.807, 2.05) is 0 Å². The van der Waals surface area contributed by atoms with E-state index in [0.29, 0.717) is 18.6 Å². The maximum absolute atomic E-state index is 12.0. The SMILES string of the molecule is CC(C)(C)c1cc2c(O)c(c1)Cc1cc(C(C)(C)C)cc(c1S)Cc1cc(C(C)(C)C)cc(c1S)Cc1cc(C(C)(C)C)cc(c1S)C2. The zero-order valence-electron chi connectivity index (χ0n) is 31.2. The Morgan fingerprint density at radius 3 is 0.708 bits per heavy atom. The van der Waals surface area contributed by atoms with Crippen LogP contribution in [0.4, 0.5) is 0 Å². The summed E-state index contributed by atoms with van der Waals surface area (Å²) in [5.41, 5.74) is 13.8. The van der Waals surface area contributed by atoms with Gasteiger partial charge in [-0.15, -0.1) is 37.9 Å². The second-order valence-corrected chi connectivity index (χ2v) is 19.6. The summed E-state index contributed by atoms with van der Waals surface area (Å²) in [6.07, 6.45) is 2.65. The number of hydrogen-bond acceptors (Lipinski definition) is 4. The molecule has 4 aromatic rings. The Bertz CT molecular complexity index is 1510. The third kappa shape index (κ3) is 7.72. The summed E-state index contributed by atoms with van der Waals surface area (Å²) in [7, 11) is 0. The molecule has 1 aliphatic rings. The van der Waals surface area contributed by atoms with Gasteiger partial charge in [0, 0.05) is 27.5 Å². The van der Waals surface area contributed by atoms with Crippen molar-refractivity contribution < 1.29 is 5.11 Å². The van der Waals surface area contributed by atoms with Gasteiger partial charge in [-0.05, 0) is 101 Å². The molecule has 0 spiro atoms. The molecule has 1 N–H and O–H groups in total. The molecule has 0 saturated carbocycles. The van der Waals surface area contributed by atoms with Gasteiger partial charge < -0.3 is 5.11 Å². The van der Waals surface area contributed by atoms with Crippen molar-refractivity contribution in [3.63, 3.8) is 0 Å². The Morgan fingerprint density at radius 2 is 0.521 bits per heavy atom. The number of phenolic OH excluding ortho intramolecular Hbond substituents is 1. The molecular weight excluding hydrogens is 641 g/mol. The van der Waals surface area contributed by atoms with E-state index in [0.717, 1.165) is 49.8 Å². The number of benzene rings is 4. The molecule has 0 amide bonds. The molecule has 0 aromatic heterocycles. The number of hydrogen-bond donors (Lipinski definition) is 4. The second kappa shape index (κ2) is 12.8. The van der Waals surface area contributed by atoms with Gasteiger partial charge in [-0.1, -0.05) is 132 Å². The third-order valence-electron chi connectivity index (χ3n) is 10.1. The molecule has 4 heteroatoms. The Kier molecular flexibility index (Phi) is 9.87. The van der Waals surface area contributed by atoms with E-state index >= 15 is 0 Å². The highest BCUT2D eigenvalue weighted by Crippen LogP contribution is 2.41. The largest absolute Gasteiger partial charge is 0.507 e. The first kappa shape index (κ1) is 37.0. The van der Waals surface area contributed by atoms with Gasteiger partial charge in [0.1, 0.15) is 5.75 Å². The minimum absolute atomic E-state index is 0.0265. The first-order valence-corrected chi connectivity index (χ1v) is 18.7. The van der Waals surface area contributed by atoms with Gasteiger partial charge in [0.05, 0.1) is 0 Å². The quantitative estimate of drug-likeness (QED) is 0.119. The maximum atomic E-state index is 12.0. The molecule has 0 atom stereocenters. The summed E-state index contributed by atoms with van der Waals surface area (Å²) in [5, 5.41) is 12.0. The smallest absolute Gasteiger partial charge is 0.122 e. The van der Waals surface area contributed by atoms with Crippen LogP contribution in [-0.4, -0.2) is 5.11 Å². The molecule has 8 bridgehead atoms. The topological polar surface area (TPSA) is 20.2 Å². The lowest BCUT2D eigenvalue weighted by Crippen LogP contribution is -2.16. The number of phenols is 1. The molecule has 48 heavy (non-hydrogen) atoms. The van der Waals surface area contributed by atoms with Gasteiger partial charge in [-0.3, -0.25) is 0 Å². The average molecular weight is 697 g/mol. The van der Waals surface area contributed by atoms with E-state index in [9.17, 15) is 5.11 Å². The zero-order valence-corrected chi connectivity index (χ0v) is 33.9. The standard InChI is InChI=1S/C44H56OS3/c1-41(2,3)33-17-25-13-27-19-34(42(4,5)6)21-29(38(27)46)15-31-23-36(44(10,11)12)24-32(40(31)48)16-30-22-35(43(7,8)9)20-28(39(30)47)14-26(18-33)37(25)45/h17-24,45-48H,13-16H2,1-12H3. The lowest BCUT2D eigenvalue weighted by Gasteiger charge is -2.27.